The fourth-order valence-electron chi connectivity index (χ4n) is 2.03. The van der Waals surface area contributed by atoms with E-state index in [9.17, 15) is 0 Å². The van der Waals surface area contributed by atoms with Crippen molar-refractivity contribution in [2.45, 2.75) is 13.1 Å². The van der Waals surface area contributed by atoms with E-state index in [1.807, 2.05) is 36.4 Å². The van der Waals surface area contributed by atoms with E-state index in [-0.39, 0.29) is 0 Å². The molecule has 0 saturated heterocycles. The Balaban J connectivity index is 2.00. The fraction of sp³-hybridized carbons (Fsp3) is 0.250. The zero-order valence-electron chi connectivity index (χ0n) is 11.3. The van der Waals surface area contributed by atoms with Crippen LogP contribution in [0, 0.1) is 0 Å². The van der Waals surface area contributed by atoms with Gasteiger partial charge in [-0.2, -0.15) is 0 Å². The third-order valence-corrected chi connectivity index (χ3v) is 2.97. The zero-order chi connectivity index (χ0) is 13.5. The molecule has 0 aliphatic rings. The summed E-state index contributed by atoms with van der Waals surface area (Å²) in [5.41, 5.74) is 2.36. The lowest BCUT2D eigenvalue weighted by atomic mass is 10.1. The molecule has 3 nitrogen and oxygen atoms in total. The first kappa shape index (κ1) is 13.4. The SMILES string of the molecule is COc1cccc(CNCc2ccccc2)c1OC. The molecule has 0 atom stereocenters. The van der Waals surface area contributed by atoms with E-state index in [1.54, 1.807) is 14.2 Å². The molecule has 1 N–H and O–H groups in total. The predicted octanol–water partition coefficient (Wildman–Crippen LogP) is 2.99. The summed E-state index contributed by atoms with van der Waals surface area (Å²) in [4.78, 5) is 0. The first-order valence-electron chi connectivity index (χ1n) is 6.29. The van der Waals surface area contributed by atoms with Crippen LogP contribution in [0.25, 0.3) is 0 Å². The molecule has 0 aromatic heterocycles. The summed E-state index contributed by atoms with van der Waals surface area (Å²) in [7, 11) is 3.32. The van der Waals surface area contributed by atoms with Gasteiger partial charge in [-0.25, -0.2) is 0 Å². The van der Waals surface area contributed by atoms with Crippen molar-refractivity contribution in [2.24, 2.45) is 0 Å². The number of hydrogen-bond acceptors (Lipinski definition) is 3. The standard InChI is InChI=1S/C16H19NO2/c1-18-15-10-6-9-14(16(15)19-2)12-17-11-13-7-4-3-5-8-13/h3-10,17H,11-12H2,1-2H3. The van der Waals surface area contributed by atoms with Crippen molar-refractivity contribution in [1.82, 2.24) is 5.32 Å². The average molecular weight is 257 g/mol. The number of hydrogen-bond donors (Lipinski definition) is 1. The maximum absolute atomic E-state index is 5.41. The normalized spacial score (nSPS) is 10.2. The van der Waals surface area contributed by atoms with Crippen molar-refractivity contribution < 1.29 is 9.47 Å². The first-order valence-corrected chi connectivity index (χ1v) is 6.29. The van der Waals surface area contributed by atoms with E-state index in [0.29, 0.717) is 0 Å². The summed E-state index contributed by atoms with van der Waals surface area (Å²) < 4.78 is 10.7. The van der Waals surface area contributed by atoms with Crippen LogP contribution in [0.5, 0.6) is 11.5 Å². The molecule has 0 saturated carbocycles. The number of methoxy groups -OCH3 is 2. The summed E-state index contributed by atoms with van der Waals surface area (Å²) in [6, 6.07) is 16.2. The van der Waals surface area contributed by atoms with Gasteiger partial charge in [-0.3, -0.25) is 0 Å². The third kappa shape index (κ3) is 3.48. The fourth-order valence-corrected chi connectivity index (χ4v) is 2.03. The minimum Gasteiger partial charge on any atom is -0.493 e. The van der Waals surface area contributed by atoms with Crippen LogP contribution in [0.15, 0.2) is 48.5 Å². The highest BCUT2D eigenvalue weighted by molar-refractivity contribution is 5.46. The summed E-state index contributed by atoms with van der Waals surface area (Å²) in [6.07, 6.45) is 0. The lowest BCUT2D eigenvalue weighted by Gasteiger charge is -2.13. The second-order valence-electron chi connectivity index (χ2n) is 4.24. The minimum atomic E-state index is 0.745. The Bertz CT molecular complexity index is 511. The molecule has 0 unspecified atom stereocenters. The lowest BCUT2D eigenvalue weighted by molar-refractivity contribution is 0.350. The van der Waals surface area contributed by atoms with Crippen LogP contribution < -0.4 is 14.8 Å². The van der Waals surface area contributed by atoms with E-state index in [2.05, 4.69) is 17.4 Å². The monoisotopic (exact) mass is 257 g/mol. The van der Waals surface area contributed by atoms with Crippen LogP contribution in [-0.4, -0.2) is 14.2 Å². The van der Waals surface area contributed by atoms with Crippen molar-refractivity contribution in [3.05, 3.63) is 59.7 Å². The summed E-state index contributed by atoms with van der Waals surface area (Å²) in [6.45, 7) is 1.58. The van der Waals surface area contributed by atoms with Gasteiger partial charge in [0.25, 0.3) is 0 Å². The van der Waals surface area contributed by atoms with Crippen LogP contribution >= 0.6 is 0 Å². The zero-order valence-corrected chi connectivity index (χ0v) is 11.3. The van der Waals surface area contributed by atoms with Crippen molar-refractivity contribution >= 4 is 0 Å². The van der Waals surface area contributed by atoms with E-state index in [4.69, 9.17) is 9.47 Å². The van der Waals surface area contributed by atoms with E-state index in [0.717, 1.165) is 30.2 Å². The third-order valence-electron chi connectivity index (χ3n) is 2.97. The topological polar surface area (TPSA) is 30.5 Å². The predicted molar refractivity (Wildman–Crippen MR) is 76.5 cm³/mol. The Morgan fingerprint density at radius 1 is 0.842 bits per heavy atom. The highest BCUT2D eigenvalue weighted by Crippen LogP contribution is 2.30. The van der Waals surface area contributed by atoms with Crippen molar-refractivity contribution in [1.29, 1.82) is 0 Å². The van der Waals surface area contributed by atoms with E-state index in [1.165, 1.54) is 5.56 Å². The molecule has 2 aromatic carbocycles. The van der Waals surface area contributed by atoms with Crippen LogP contribution in [0.2, 0.25) is 0 Å². The number of nitrogens with one attached hydrogen (secondary N) is 1. The van der Waals surface area contributed by atoms with E-state index >= 15 is 0 Å². The van der Waals surface area contributed by atoms with Gasteiger partial charge in [0, 0.05) is 18.7 Å². The summed E-state index contributed by atoms with van der Waals surface area (Å²) >= 11 is 0. The Morgan fingerprint density at radius 2 is 1.63 bits per heavy atom. The second kappa shape index (κ2) is 6.81. The molecule has 0 aliphatic heterocycles. The summed E-state index contributed by atoms with van der Waals surface area (Å²) in [5.74, 6) is 1.56. The molecule has 0 amide bonds. The molecule has 19 heavy (non-hydrogen) atoms. The minimum absolute atomic E-state index is 0.745. The molecule has 100 valence electrons. The Kier molecular flexibility index (Phi) is 4.81. The van der Waals surface area contributed by atoms with Gasteiger partial charge < -0.3 is 14.8 Å². The first-order chi connectivity index (χ1) is 9.35. The molecule has 0 aliphatic carbocycles. The van der Waals surface area contributed by atoms with Crippen molar-refractivity contribution in [2.75, 3.05) is 14.2 Å². The Hall–Kier alpha value is -2.00. The molecule has 0 spiro atoms. The maximum Gasteiger partial charge on any atom is 0.165 e. The molecule has 0 radical (unpaired) electrons. The van der Waals surface area contributed by atoms with Gasteiger partial charge in [0.1, 0.15) is 0 Å². The molecule has 3 heteroatoms. The average Bonchev–Trinajstić information content (AvgIpc) is 2.48. The Labute approximate surface area is 114 Å². The number of benzene rings is 2. The number of rotatable bonds is 6. The highest BCUT2D eigenvalue weighted by atomic mass is 16.5. The van der Waals surface area contributed by atoms with Crippen LogP contribution in [0.4, 0.5) is 0 Å². The molecule has 2 rings (SSSR count). The second-order valence-corrected chi connectivity index (χ2v) is 4.24. The van der Waals surface area contributed by atoms with Gasteiger partial charge in [-0.15, -0.1) is 0 Å². The smallest absolute Gasteiger partial charge is 0.165 e. The van der Waals surface area contributed by atoms with Gasteiger partial charge in [0.2, 0.25) is 0 Å². The van der Waals surface area contributed by atoms with Crippen LogP contribution in [0.1, 0.15) is 11.1 Å². The van der Waals surface area contributed by atoms with Gasteiger partial charge in [-0.05, 0) is 11.6 Å². The highest BCUT2D eigenvalue weighted by Gasteiger charge is 2.08. The van der Waals surface area contributed by atoms with Gasteiger partial charge in [0.15, 0.2) is 11.5 Å². The van der Waals surface area contributed by atoms with Crippen LogP contribution in [0.3, 0.4) is 0 Å². The largest absolute Gasteiger partial charge is 0.493 e. The molecule has 2 aromatic rings. The van der Waals surface area contributed by atoms with Gasteiger partial charge >= 0.3 is 0 Å². The van der Waals surface area contributed by atoms with Gasteiger partial charge in [0.05, 0.1) is 14.2 Å². The van der Waals surface area contributed by atoms with E-state index < -0.39 is 0 Å². The quantitative estimate of drug-likeness (QED) is 0.863. The molecule has 0 heterocycles. The van der Waals surface area contributed by atoms with Gasteiger partial charge in [-0.1, -0.05) is 42.5 Å². The molecular weight excluding hydrogens is 238 g/mol. The summed E-state index contributed by atoms with van der Waals surface area (Å²) in [5, 5.41) is 3.41. The van der Waals surface area contributed by atoms with Crippen molar-refractivity contribution in [3.63, 3.8) is 0 Å². The number of para-hydroxylation sites is 1. The number of ether oxygens (including phenoxy) is 2. The Morgan fingerprint density at radius 3 is 2.32 bits per heavy atom. The molecule has 0 bridgehead atoms. The molecule has 0 fully saturated rings. The van der Waals surface area contributed by atoms with Crippen LogP contribution in [-0.2, 0) is 13.1 Å². The van der Waals surface area contributed by atoms with Crippen molar-refractivity contribution in [3.8, 4) is 11.5 Å². The molecular formula is C16H19NO2. The maximum atomic E-state index is 5.41. The lowest BCUT2D eigenvalue weighted by Crippen LogP contribution is -2.13.